The zero-order valence-corrected chi connectivity index (χ0v) is 13.6. The smallest absolute Gasteiger partial charge is 0.466 e. The fourth-order valence-corrected chi connectivity index (χ4v) is 2.92. The van der Waals surface area contributed by atoms with E-state index in [1.165, 1.54) is 12.1 Å². The lowest BCUT2D eigenvalue weighted by Gasteiger charge is -2.28. The van der Waals surface area contributed by atoms with Gasteiger partial charge < -0.3 is 14.8 Å². The van der Waals surface area contributed by atoms with Gasteiger partial charge in [-0.2, -0.15) is 0 Å². The van der Waals surface area contributed by atoms with E-state index < -0.39 is 6.36 Å². The highest BCUT2D eigenvalue weighted by Crippen LogP contribution is 2.28. The van der Waals surface area contributed by atoms with Gasteiger partial charge in [0.2, 0.25) is 0 Å². The van der Waals surface area contributed by atoms with Crippen LogP contribution in [0.15, 0.2) is 24.3 Å². The van der Waals surface area contributed by atoms with Crippen LogP contribution in [0.1, 0.15) is 38.2 Å². The fraction of sp³-hybridized carbons (Fsp3) is 0.588. The van der Waals surface area contributed by atoms with Crippen molar-refractivity contribution < 1.29 is 27.4 Å². The number of para-hydroxylation sites is 1. The van der Waals surface area contributed by atoms with Crippen LogP contribution in [0.3, 0.4) is 0 Å². The molecule has 2 rings (SSSR count). The Morgan fingerprint density at radius 2 is 1.88 bits per heavy atom. The molecule has 1 aromatic rings. The van der Waals surface area contributed by atoms with Gasteiger partial charge in [-0.25, -0.2) is 0 Å². The predicted octanol–water partition coefficient (Wildman–Crippen LogP) is 3.80. The van der Waals surface area contributed by atoms with Gasteiger partial charge in [-0.1, -0.05) is 18.2 Å². The van der Waals surface area contributed by atoms with Gasteiger partial charge in [0, 0.05) is 18.2 Å². The maximum Gasteiger partial charge on any atom is 0.573 e. The van der Waals surface area contributed by atoms with Gasteiger partial charge in [0.25, 0.3) is 0 Å². The predicted molar refractivity (Wildman–Crippen MR) is 82.3 cm³/mol. The summed E-state index contributed by atoms with van der Waals surface area (Å²) < 4.78 is 46.3. The zero-order valence-electron chi connectivity index (χ0n) is 13.6. The molecule has 1 aromatic carbocycles. The fourth-order valence-electron chi connectivity index (χ4n) is 2.92. The van der Waals surface area contributed by atoms with Crippen molar-refractivity contribution in [2.75, 3.05) is 6.61 Å². The number of hydrogen-bond acceptors (Lipinski definition) is 4. The first kappa shape index (κ1) is 18.6. The second-order valence-corrected chi connectivity index (χ2v) is 5.84. The lowest BCUT2D eigenvalue weighted by atomic mass is 9.86. The average Bonchev–Trinajstić information content (AvgIpc) is 2.53. The van der Waals surface area contributed by atoms with Crippen LogP contribution >= 0.6 is 0 Å². The SMILES string of the molecule is CCOC(=O)C1CCC(NCc2ccccc2OC(F)(F)F)CC1. The van der Waals surface area contributed by atoms with E-state index in [9.17, 15) is 18.0 Å². The lowest BCUT2D eigenvalue weighted by molar-refractivity contribution is -0.274. The Morgan fingerprint density at radius 1 is 1.21 bits per heavy atom. The Kier molecular flexibility index (Phi) is 6.48. The summed E-state index contributed by atoms with van der Waals surface area (Å²) in [7, 11) is 0. The molecule has 0 atom stereocenters. The van der Waals surface area contributed by atoms with Gasteiger partial charge in [-0.15, -0.1) is 13.2 Å². The topological polar surface area (TPSA) is 47.6 Å². The molecule has 4 nitrogen and oxygen atoms in total. The van der Waals surface area contributed by atoms with Gasteiger partial charge in [0.1, 0.15) is 5.75 Å². The largest absolute Gasteiger partial charge is 0.573 e. The van der Waals surface area contributed by atoms with Crippen molar-refractivity contribution in [3.8, 4) is 5.75 Å². The van der Waals surface area contributed by atoms with Crippen molar-refractivity contribution in [3.05, 3.63) is 29.8 Å². The summed E-state index contributed by atoms with van der Waals surface area (Å²) in [5.74, 6) is -0.401. The van der Waals surface area contributed by atoms with Crippen molar-refractivity contribution in [1.82, 2.24) is 5.32 Å². The molecule has 0 spiro atoms. The van der Waals surface area contributed by atoms with E-state index in [-0.39, 0.29) is 23.7 Å². The number of esters is 1. The number of rotatable bonds is 6. The Morgan fingerprint density at radius 3 is 2.50 bits per heavy atom. The standard InChI is InChI=1S/C17H22F3NO3/c1-2-23-16(22)12-7-9-14(10-8-12)21-11-13-5-3-4-6-15(13)24-17(18,19)20/h3-6,12,14,21H,2,7-11H2,1H3. The van der Waals surface area contributed by atoms with Crippen LogP contribution in [0, 0.1) is 5.92 Å². The molecule has 1 fully saturated rings. The van der Waals surface area contributed by atoms with Crippen LogP contribution in [-0.2, 0) is 16.1 Å². The molecule has 0 heterocycles. The van der Waals surface area contributed by atoms with Gasteiger partial charge in [0.05, 0.1) is 12.5 Å². The Labute approximate surface area is 139 Å². The summed E-state index contributed by atoms with van der Waals surface area (Å²) in [5, 5.41) is 3.26. The molecule has 0 bridgehead atoms. The number of carbonyl (C=O) groups is 1. The number of nitrogens with one attached hydrogen (secondary N) is 1. The van der Waals surface area contributed by atoms with Crippen LogP contribution in [0.4, 0.5) is 13.2 Å². The maximum absolute atomic E-state index is 12.4. The second kappa shape index (κ2) is 8.37. The molecule has 24 heavy (non-hydrogen) atoms. The number of benzene rings is 1. The van der Waals surface area contributed by atoms with Crippen LogP contribution in [0.2, 0.25) is 0 Å². The molecule has 0 aliphatic heterocycles. The first-order chi connectivity index (χ1) is 11.4. The Balaban J connectivity index is 1.84. The van der Waals surface area contributed by atoms with E-state index in [0.29, 0.717) is 18.7 Å². The third kappa shape index (κ3) is 5.70. The summed E-state index contributed by atoms with van der Waals surface area (Å²) >= 11 is 0. The average molecular weight is 345 g/mol. The molecule has 1 aliphatic rings. The summed E-state index contributed by atoms with van der Waals surface area (Å²) in [5.41, 5.74) is 0.461. The van der Waals surface area contributed by atoms with Crippen molar-refractivity contribution in [2.45, 2.75) is 51.6 Å². The summed E-state index contributed by atoms with van der Waals surface area (Å²) in [4.78, 5) is 11.7. The van der Waals surface area contributed by atoms with Crippen LogP contribution < -0.4 is 10.1 Å². The number of hydrogen-bond donors (Lipinski definition) is 1. The van der Waals surface area contributed by atoms with E-state index in [1.54, 1.807) is 19.1 Å². The minimum atomic E-state index is -4.70. The van der Waals surface area contributed by atoms with E-state index >= 15 is 0 Å². The molecular formula is C17H22F3NO3. The molecule has 0 aromatic heterocycles. The van der Waals surface area contributed by atoms with E-state index in [0.717, 1.165) is 25.7 Å². The Bertz CT molecular complexity index is 540. The third-order valence-corrected chi connectivity index (χ3v) is 4.13. The van der Waals surface area contributed by atoms with Gasteiger partial charge >= 0.3 is 12.3 Å². The van der Waals surface area contributed by atoms with Crippen molar-refractivity contribution in [3.63, 3.8) is 0 Å². The van der Waals surface area contributed by atoms with Crippen LogP contribution in [-0.4, -0.2) is 25.0 Å². The van der Waals surface area contributed by atoms with E-state index in [2.05, 4.69) is 10.1 Å². The van der Waals surface area contributed by atoms with Crippen molar-refractivity contribution in [2.24, 2.45) is 5.92 Å². The normalized spacial score (nSPS) is 21.3. The van der Waals surface area contributed by atoms with Crippen LogP contribution in [0.25, 0.3) is 0 Å². The first-order valence-electron chi connectivity index (χ1n) is 8.12. The number of alkyl halides is 3. The quantitative estimate of drug-likeness (QED) is 0.797. The van der Waals surface area contributed by atoms with E-state index in [4.69, 9.17) is 4.74 Å². The molecule has 0 saturated heterocycles. The molecular weight excluding hydrogens is 323 g/mol. The molecule has 7 heteroatoms. The second-order valence-electron chi connectivity index (χ2n) is 5.84. The monoisotopic (exact) mass is 345 g/mol. The minimum Gasteiger partial charge on any atom is -0.466 e. The highest BCUT2D eigenvalue weighted by atomic mass is 19.4. The molecule has 1 N–H and O–H groups in total. The Hall–Kier alpha value is -1.76. The molecule has 134 valence electrons. The third-order valence-electron chi connectivity index (χ3n) is 4.13. The van der Waals surface area contributed by atoms with Gasteiger partial charge in [-0.05, 0) is 38.7 Å². The number of halogens is 3. The van der Waals surface area contributed by atoms with Gasteiger partial charge in [0.15, 0.2) is 0 Å². The molecule has 0 amide bonds. The van der Waals surface area contributed by atoms with Crippen molar-refractivity contribution >= 4 is 5.97 Å². The maximum atomic E-state index is 12.4. The van der Waals surface area contributed by atoms with E-state index in [1.807, 2.05) is 0 Å². The zero-order chi connectivity index (χ0) is 17.6. The first-order valence-corrected chi connectivity index (χ1v) is 8.12. The van der Waals surface area contributed by atoms with Crippen LogP contribution in [0.5, 0.6) is 5.75 Å². The van der Waals surface area contributed by atoms with Crippen molar-refractivity contribution in [1.29, 1.82) is 0 Å². The lowest BCUT2D eigenvalue weighted by Crippen LogP contribution is -2.35. The summed E-state index contributed by atoms with van der Waals surface area (Å²) in [6.45, 7) is 2.46. The highest BCUT2D eigenvalue weighted by Gasteiger charge is 2.32. The number of carbonyl (C=O) groups excluding carboxylic acids is 1. The van der Waals surface area contributed by atoms with Gasteiger partial charge in [-0.3, -0.25) is 4.79 Å². The minimum absolute atomic E-state index is 0.0659. The summed E-state index contributed by atoms with van der Waals surface area (Å²) in [6.07, 6.45) is -1.64. The summed E-state index contributed by atoms with van der Waals surface area (Å²) in [6, 6.07) is 6.28. The molecule has 1 aliphatic carbocycles. The molecule has 0 radical (unpaired) electrons. The highest BCUT2D eigenvalue weighted by molar-refractivity contribution is 5.72. The molecule has 0 unspecified atom stereocenters. The molecule has 1 saturated carbocycles. The number of ether oxygens (including phenoxy) is 2.